The Labute approximate surface area is 139 Å². The molecule has 3 aromatic rings. The highest BCUT2D eigenvalue weighted by atomic mass is 32.1. The topological polar surface area (TPSA) is 52.0 Å². The minimum Gasteiger partial charge on any atom is -0.292 e. The third-order valence-electron chi connectivity index (χ3n) is 4.25. The van der Waals surface area contributed by atoms with E-state index in [2.05, 4.69) is 4.98 Å². The fourth-order valence-corrected chi connectivity index (χ4v) is 4.27. The van der Waals surface area contributed by atoms with Gasteiger partial charge in [0.2, 0.25) is 0 Å². The summed E-state index contributed by atoms with van der Waals surface area (Å²) in [5.74, 6) is -2.57. The van der Waals surface area contributed by atoms with E-state index in [1.54, 1.807) is 0 Å². The molecule has 1 aromatic carbocycles. The molecule has 0 atom stereocenters. The number of carbonyl (C=O) groups is 1. The Bertz CT molecular complexity index is 1040. The number of fused-ring (bicyclic) bond motifs is 3. The molecule has 0 unspecified atom stereocenters. The summed E-state index contributed by atoms with van der Waals surface area (Å²) in [5, 5.41) is 0.591. The highest BCUT2D eigenvalue weighted by Gasteiger charge is 2.22. The first-order valence-electron chi connectivity index (χ1n) is 7.52. The summed E-state index contributed by atoms with van der Waals surface area (Å²) in [4.78, 5) is 31.1. The van der Waals surface area contributed by atoms with E-state index in [-0.39, 0.29) is 17.7 Å². The Balaban J connectivity index is 1.72. The molecule has 2 heterocycles. The number of rotatable bonds is 3. The maximum absolute atomic E-state index is 13.3. The predicted octanol–water partition coefficient (Wildman–Crippen LogP) is 3.11. The molecule has 0 saturated heterocycles. The fraction of sp³-hybridized carbons (Fsp3) is 0.235. The van der Waals surface area contributed by atoms with Crippen LogP contribution in [0.25, 0.3) is 10.2 Å². The quantitative estimate of drug-likeness (QED) is 0.685. The number of benzene rings is 1. The predicted molar refractivity (Wildman–Crippen MR) is 86.6 cm³/mol. The van der Waals surface area contributed by atoms with Gasteiger partial charge in [-0.15, -0.1) is 11.3 Å². The van der Waals surface area contributed by atoms with E-state index in [1.165, 1.54) is 33.2 Å². The van der Waals surface area contributed by atoms with Crippen molar-refractivity contribution < 1.29 is 13.6 Å². The first-order chi connectivity index (χ1) is 11.5. The Hall–Kier alpha value is -2.41. The van der Waals surface area contributed by atoms with E-state index in [1.807, 2.05) is 0 Å². The molecule has 4 nitrogen and oxygen atoms in total. The molecule has 24 heavy (non-hydrogen) atoms. The van der Waals surface area contributed by atoms with Gasteiger partial charge in [-0.2, -0.15) is 0 Å². The Morgan fingerprint density at radius 3 is 2.88 bits per heavy atom. The number of Topliss-reactive ketones (excluding diaryl/α,β-unsaturated/α-hetero) is 1. The van der Waals surface area contributed by atoms with Gasteiger partial charge < -0.3 is 0 Å². The minimum absolute atomic E-state index is 0.0245. The fourth-order valence-electron chi connectivity index (χ4n) is 3.05. The first kappa shape index (κ1) is 15.1. The Morgan fingerprint density at radius 1 is 1.25 bits per heavy atom. The van der Waals surface area contributed by atoms with E-state index in [9.17, 15) is 18.4 Å². The summed E-state index contributed by atoms with van der Waals surface area (Å²) in [6, 6.07) is 2.95. The van der Waals surface area contributed by atoms with Crippen LogP contribution >= 0.6 is 11.3 Å². The van der Waals surface area contributed by atoms with Crippen molar-refractivity contribution in [2.45, 2.75) is 25.8 Å². The van der Waals surface area contributed by atoms with Crippen LogP contribution in [0.5, 0.6) is 0 Å². The number of aryl methyl sites for hydroxylation is 2. The lowest BCUT2D eigenvalue weighted by Crippen LogP contribution is -2.24. The van der Waals surface area contributed by atoms with Crippen molar-refractivity contribution in [2.75, 3.05) is 0 Å². The molecular weight excluding hydrogens is 334 g/mol. The molecule has 1 aliphatic carbocycles. The van der Waals surface area contributed by atoms with Crippen LogP contribution in [0.15, 0.2) is 29.3 Å². The molecule has 0 spiro atoms. The van der Waals surface area contributed by atoms with Crippen molar-refractivity contribution in [3.63, 3.8) is 0 Å². The smallest absolute Gasteiger partial charge is 0.262 e. The van der Waals surface area contributed by atoms with Crippen molar-refractivity contribution in [3.8, 4) is 0 Å². The zero-order valence-electron chi connectivity index (χ0n) is 12.5. The second-order valence-electron chi connectivity index (χ2n) is 5.77. The van der Waals surface area contributed by atoms with Crippen LogP contribution in [0, 0.1) is 11.6 Å². The molecule has 0 saturated carbocycles. The largest absolute Gasteiger partial charge is 0.292 e. The molecule has 1 aliphatic rings. The van der Waals surface area contributed by atoms with Crippen LogP contribution < -0.4 is 5.56 Å². The van der Waals surface area contributed by atoms with E-state index < -0.39 is 17.4 Å². The molecule has 0 N–H and O–H groups in total. The SMILES string of the molecule is O=C(Cn1cnc2sc3c(c2c1=O)CCC3)c1ccc(F)c(F)c1. The van der Waals surface area contributed by atoms with E-state index in [0.717, 1.165) is 37.0 Å². The van der Waals surface area contributed by atoms with Crippen LogP contribution in [0.2, 0.25) is 0 Å². The summed E-state index contributed by atoms with van der Waals surface area (Å²) in [6.07, 6.45) is 4.18. The van der Waals surface area contributed by atoms with Gasteiger partial charge in [0.15, 0.2) is 17.4 Å². The highest BCUT2D eigenvalue weighted by molar-refractivity contribution is 7.18. The number of nitrogens with zero attached hydrogens (tertiary/aromatic N) is 2. The maximum Gasteiger partial charge on any atom is 0.262 e. The van der Waals surface area contributed by atoms with Crippen molar-refractivity contribution in [2.24, 2.45) is 0 Å². The van der Waals surface area contributed by atoms with Gasteiger partial charge in [-0.1, -0.05) is 0 Å². The molecule has 0 amide bonds. The summed E-state index contributed by atoms with van der Waals surface area (Å²) in [6.45, 7) is -0.253. The average Bonchev–Trinajstić information content (AvgIpc) is 3.13. The van der Waals surface area contributed by atoms with Crippen molar-refractivity contribution in [3.05, 3.63) is 62.5 Å². The maximum atomic E-state index is 13.3. The van der Waals surface area contributed by atoms with Crippen LogP contribution in [0.4, 0.5) is 8.78 Å². The molecule has 7 heteroatoms. The molecule has 2 aromatic heterocycles. The van der Waals surface area contributed by atoms with Crippen molar-refractivity contribution in [1.82, 2.24) is 9.55 Å². The minimum atomic E-state index is -1.09. The van der Waals surface area contributed by atoms with Gasteiger partial charge in [-0.3, -0.25) is 14.2 Å². The van der Waals surface area contributed by atoms with Crippen LogP contribution in [-0.2, 0) is 19.4 Å². The van der Waals surface area contributed by atoms with Crippen LogP contribution in [0.1, 0.15) is 27.2 Å². The second-order valence-corrected chi connectivity index (χ2v) is 6.85. The monoisotopic (exact) mass is 346 g/mol. The molecule has 0 fully saturated rings. The molecule has 122 valence electrons. The van der Waals surface area contributed by atoms with Crippen LogP contribution in [-0.4, -0.2) is 15.3 Å². The normalized spacial score (nSPS) is 13.4. The lowest BCUT2D eigenvalue weighted by molar-refractivity contribution is 0.0970. The number of hydrogen-bond acceptors (Lipinski definition) is 4. The lowest BCUT2D eigenvalue weighted by atomic mass is 10.1. The standard InChI is InChI=1S/C17H12F2N2O2S/c18-11-5-4-9(6-12(11)19)13(22)7-21-8-20-16-15(17(21)23)10-2-1-3-14(10)24-16/h4-6,8H,1-3,7H2. The molecule has 0 radical (unpaired) electrons. The Kier molecular flexibility index (Phi) is 3.53. The van der Waals surface area contributed by atoms with E-state index in [4.69, 9.17) is 0 Å². The summed E-state index contributed by atoms with van der Waals surface area (Å²) in [7, 11) is 0. The van der Waals surface area contributed by atoms with Crippen molar-refractivity contribution >= 4 is 27.3 Å². The van der Waals surface area contributed by atoms with Crippen molar-refractivity contribution in [1.29, 1.82) is 0 Å². The summed E-state index contributed by atoms with van der Waals surface area (Å²) in [5.41, 5.74) is 0.814. The van der Waals surface area contributed by atoms with Gasteiger partial charge in [0.25, 0.3) is 5.56 Å². The van der Waals surface area contributed by atoms with E-state index in [0.29, 0.717) is 10.2 Å². The Morgan fingerprint density at radius 2 is 2.08 bits per heavy atom. The van der Waals surface area contributed by atoms with Crippen LogP contribution in [0.3, 0.4) is 0 Å². The van der Waals surface area contributed by atoms with Gasteiger partial charge in [-0.05, 0) is 43.0 Å². The zero-order valence-corrected chi connectivity index (χ0v) is 13.3. The molecule has 0 bridgehead atoms. The average molecular weight is 346 g/mol. The van der Waals surface area contributed by atoms with Gasteiger partial charge >= 0.3 is 0 Å². The third kappa shape index (κ3) is 2.36. The third-order valence-corrected chi connectivity index (χ3v) is 5.45. The first-order valence-corrected chi connectivity index (χ1v) is 8.34. The molecule has 4 rings (SSSR count). The van der Waals surface area contributed by atoms with Gasteiger partial charge in [0.05, 0.1) is 18.3 Å². The number of ketones is 1. The van der Waals surface area contributed by atoms with Gasteiger partial charge in [0, 0.05) is 10.4 Å². The van der Waals surface area contributed by atoms with Gasteiger partial charge in [-0.25, -0.2) is 13.8 Å². The molecular formula is C17H12F2N2O2S. The number of aromatic nitrogens is 2. The summed E-state index contributed by atoms with van der Waals surface area (Å²) >= 11 is 1.53. The number of hydrogen-bond donors (Lipinski definition) is 0. The second kappa shape index (κ2) is 5.59. The number of thiophene rings is 1. The highest BCUT2D eigenvalue weighted by Crippen LogP contribution is 2.34. The molecule has 0 aliphatic heterocycles. The number of carbonyl (C=O) groups excluding carboxylic acids is 1. The van der Waals surface area contributed by atoms with Gasteiger partial charge in [0.1, 0.15) is 4.83 Å². The zero-order chi connectivity index (χ0) is 16.8. The van der Waals surface area contributed by atoms with E-state index >= 15 is 0 Å². The summed E-state index contributed by atoms with van der Waals surface area (Å²) < 4.78 is 27.5. The number of halogens is 2. The lowest BCUT2D eigenvalue weighted by Gasteiger charge is -2.06.